The van der Waals surface area contributed by atoms with E-state index in [0.29, 0.717) is 89.5 Å². The molecule has 2 amide bonds. The van der Waals surface area contributed by atoms with Crippen LogP contribution in [0.1, 0.15) is 126 Å². The summed E-state index contributed by atoms with van der Waals surface area (Å²) in [5.74, 6) is -8.37. The molecule has 2 saturated heterocycles. The van der Waals surface area contributed by atoms with E-state index in [4.69, 9.17) is 38.9 Å². The van der Waals surface area contributed by atoms with Crippen LogP contribution in [0.15, 0.2) is 47.6 Å². The van der Waals surface area contributed by atoms with E-state index in [9.17, 15) is 39.0 Å². The SMILES string of the molecule is CO[C@H]1C[C@@H]2CC[C@@H](C)[C@@](O)(O2)C(=O)C(=O)N2CCCC[C@H]2C(=O)O[C@H]([C@H](C)CC2CC[C@H](OC(=O)NCCOCCN)[C@@H](OC)C2)CC(=O)[C@H](C)/C=C(\C)[C@@H](O)[C@@H](OC)C(=O)[C@H](C)C[C@H](C)/C=C/C=C/C=C/1C. The van der Waals surface area contributed by atoms with Gasteiger partial charge in [0.1, 0.15) is 36.2 Å². The summed E-state index contributed by atoms with van der Waals surface area (Å²) < 4.78 is 40.8. The van der Waals surface area contributed by atoms with Crippen molar-refractivity contribution in [2.24, 2.45) is 41.2 Å². The summed E-state index contributed by atoms with van der Waals surface area (Å²) in [6.45, 7) is 13.9. The Hall–Kier alpha value is -4.14. The van der Waals surface area contributed by atoms with Gasteiger partial charge < -0.3 is 59.3 Å². The zero-order valence-corrected chi connectivity index (χ0v) is 45.8. The number of rotatable bonds is 12. The predicted octanol–water partition coefficient (Wildman–Crippen LogP) is 5.89. The highest BCUT2D eigenvalue weighted by Crippen LogP contribution is 2.38. The van der Waals surface area contributed by atoms with Crippen LogP contribution in [-0.2, 0) is 57.1 Å². The first-order valence-electron chi connectivity index (χ1n) is 26.9. The lowest BCUT2D eigenvalue weighted by molar-refractivity contribution is -0.265. The third-order valence-electron chi connectivity index (χ3n) is 15.5. The second kappa shape index (κ2) is 30.6. The molecular formula is C56H89N3O15. The quantitative estimate of drug-likeness (QED) is 0.0770. The Morgan fingerprint density at radius 3 is 2.32 bits per heavy atom. The molecule has 3 aliphatic heterocycles. The molecule has 418 valence electrons. The van der Waals surface area contributed by atoms with Gasteiger partial charge in [0.15, 0.2) is 5.78 Å². The Morgan fingerprint density at radius 1 is 0.892 bits per heavy atom. The molecule has 74 heavy (non-hydrogen) atoms. The maximum Gasteiger partial charge on any atom is 0.407 e. The number of ether oxygens (including phenoxy) is 7. The van der Waals surface area contributed by atoms with Gasteiger partial charge in [-0.05, 0) is 107 Å². The Bertz CT molecular complexity index is 1990. The number of ketones is 3. The van der Waals surface area contributed by atoms with Crippen LogP contribution in [0.4, 0.5) is 4.79 Å². The summed E-state index contributed by atoms with van der Waals surface area (Å²) in [5, 5.41) is 26.2. The first kappa shape index (κ1) is 62.4. The van der Waals surface area contributed by atoms with Crippen molar-refractivity contribution >= 4 is 35.3 Å². The topological polar surface area (TPSA) is 249 Å². The summed E-state index contributed by atoms with van der Waals surface area (Å²) >= 11 is 0. The number of esters is 1. The fraction of sp³-hybridized carbons (Fsp3) is 0.750. The molecule has 4 rings (SSSR count). The molecule has 0 aromatic carbocycles. The van der Waals surface area contributed by atoms with Gasteiger partial charge in [0.25, 0.3) is 11.7 Å². The van der Waals surface area contributed by atoms with Crippen molar-refractivity contribution in [3.05, 3.63) is 47.6 Å². The average Bonchev–Trinajstić information content (AvgIpc) is 3.37. The van der Waals surface area contributed by atoms with Crippen molar-refractivity contribution in [3.8, 4) is 0 Å². The minimum atomic E-state index is -2.46. The summed E-state index contributed by atoms with van der Waals surface area (Å²) in [7, 11) is 4.50. The average molecular weight is 1040 g/mol. The fourth-order valence-corrected chi connectivity index (χ4v) is 10.8. The number of alkyl carbamates (subject to hydrolysis) is 1. The van der Waals surface area contributed by atoms with Gasteiger partial charge in [-0.25, -0.2) is 9.59 Å². The Morgan fingerprint density at radius 2 is 1.64 bits per heavy atom. The molecule has 1 saturated carbocycles. The van der Waals surface area contributed by atoms with Crippen molar-refractivity contribution < 1.29 is 72.1 Å². The van der Waals surface area contributed by atoms with Crippen LogP contribution in [0.3, 0.4) is 0 Å². The van der Waals surface area contributed by atoms with E-state index in [0.717, 1.165) is 5.57 Å². The fourth-order valence-electron chi connectivity index (χ4n) is 10.8. The summed E-state index contributed by atoms with van der Waals surface area (Å²) in [5.41, 5.74) is 6.70. The van der Waals surface area contributed by atoms with Crippen molar-refractivity contribution in [1.29, 1.82) is 0 Å². The molecule has 0 aromatic rings. The second-order valence-corrected chi connectivity index (χ2v) is 21.3. The number of carbonyl (C=O) groups excluding carboxylic acids is 6. The molecule has 0 spiro atoms. The Balaban J connectivity index is 1.66. The lowest BCUT2D eigenvalue weighted by Gasteiger charge is -2.42. The number of carbonyl (C=O) groups is 6. The first-order chi connectivity index (χ1) is 35.2. The van der Waals surface area contributed by atoms with Crippen LogP contribution in [0.5, 0.6) is 0 Å². The molecule has 1 unspecified atom stereocenters. The molecule has 3 fully saturated rings. The van der Waals surface area contributed by atoms with Crippen LogP contribution in [0.25, 0.3) is 0 Å². The number of allylic oxidation sites excluding steroid dienone is 6. The number of hydrogen-bond donors (Lipinski definition) is 4. The van der Waals surface area contributed by atoms with Crippen LogP contribution in [0.2, 0.25) is 0 Å². The van der Waals surface area contributed by atoms with Gasteiger partial charge in [-0.1, -0.05) is 71.1 Å². The third kappa shape index (κ3) is 17.7. The number of cyclic esters (lactones) is 1. The largest absolute Gasteiger partial charge is 0.460 e. The van der Waals surface area contributed by atoms with Gasteiger partial charge in [0.2, 0.25) is 5.79 Å². The van der Waals surface area contributed by atoms with E-state index in [2.05, 4.69) is 5.32 Å². The van der Waals surface area contributed by atoms with Gasteiger partial charge >= 0.3 is 12.1 Å². The van der Waals surface area contributed by atoms with Gasteiger partial charge in [0, 0.05) is 71.6 Å². The van der Waals surface area contributed by atoms with Crippen LogP contribution in [0, 0.1) is 35.5 Å². The number of Topliss-reactive ketones (excluding diaryl/α,β-unsaturated/α-hetero) is 3. The van der Waals surface area contributed by atoms with Gasteiger partial charge in [-0.3, -0.25) is 19.2 Å². The molecule has 2 bridgehead atoms. The standard InChI is InChI=1S/C56H89N3O15/c1-34-16-12-11-13-17-35(2)46(68-8)32-42-21-19-40(7)56(67,74-42)52(63)53(64)59-25-15-14-18-43(59)54(65)72-47(33-44(60)36(3)29-39(6)50(62)51(70-10)49(61)38(5)28-34)37(4)30-41-20-22-45(48(31-41)69-9)73-55(66)58-24-27-71-26-23-57/h11-13,16-17,29,34,36-38,40-43,45-48,50-51,62,67H,14-15,18-28,30-33,57H2,1-10H3,(H,58,66)/b13-11+,16-12+,35-17+,39-29+/t34-,36-,37-,38-,40-,41?,42+,43+,45+,46+,47+,48+,50-,51+,56-/m1/s1. The molecule has 4 aliphatic rings. The maximum atomic E-state index is 14.6. The van der Waals surface area contributed by atoms with Gasteiger partial charge in [0.05, 0.1) is 31.5 Å². The van der Waals surface area contributed by atoms with E-state index in [1.54, 1.807) is 48.0 Å². The molecular weight excluding hydrogens is 955 g/mol. The number of amides is 2. The van der Waals surface area contributed by atoms with Crippen molar-refractivity contribution in [2.45, 2.75) is 180 Å². The van der Waals surface area contributed by atoms with Crippen LogP contribution < -0.4 is 11.1 Å². The van der Waals surface area contributed by atoms with E-state index >= 15 is 0 Å². The molecule has 3 heterocycles. The smallest absolute Gasteiger partial charge is 0.407 e. The highest BCUT2D eigenvalue weighted by molar-refractivity contribution is 6.39. The summed E-state index contributed by atoms with van der Waals surface area (Å²) in [6, 6.07) is -1.18. The van der Waals surface area contributed by atoms with E-state index < -0.39 is 102 Å². The van der Waals surface area contributed by atoms with Crippen molar-refractivity contribution in [3.63, 3.8) is 0 Å². The zero-order chi connectivity index (χ0) is 54.7. The number of fused-ring (bicyclic) bond motifs is 3. The minimum Gasteiger partial charge on any atom is -0.460 e. The van der Waals surface area contributed by atoms with E-state index in [1.165, 1.54) is 12.0 Å². The first-order valence-corrected chi connectivity index (χ1v) is 26.9. The highest BCUT2D eigenvalue weighted by atomic mass is 16.6. The summed E-state index contributed by atoms with van der Waals surface area (Å²) in [4.78, 5) is 85.1. The molecule has 0 radical (unpaired) electrons. The molecule has 5 N–H and O–H groups in total. The highest BCUT2D eigenvalue weighted by Gasteiger charge is 2.53. The molecule has 1 aliphatic carbocycles. The number of aliphatic hydroxyl groups excluding tert-OH is 1. The number of aliphatic hydroxyl groups is 2. The Labute approximate surface area is 439 Å². The van der Waals surface area contributed by atoms with Crippen molar-refractivity contribution in [2.75, 3.05) is 54.2 Å². The lowest BCUT2D eigenvalue weighted by atomic mass is 9.78. The molecule has 18 heteroatoms. The second-order valence-electron chi connectivity index (χ2n) is 21.3. The summed E-state index contributed by atoms with van der Waals surface area (Å²) in [6.07, 6.45) is 9.95. The number of nitrogens with two attached hydrogens (primary N) is 1. The number of nitrogens with one attached hydrogen (secondary N) is 1. The maximum absolute atomic E-state index is 14.6. The molecule has 18 nitrogen and oxygen atoms in total. The van der Waals surface area contributed by atoms with Gasteiger partial charge in [-0.15, -0.1) is 0 Å². The monoisotopic (exact) mass is 1040 g/mol. The minimum absolute atomic E-state index is 0.00132. The molecule has 15 atom stereocenters. The van der Waals surface area contributed by atoms with E-state index in [1.807, 2.05) is 51.2 Å². The van der Waals surface area contributed by atoms with Crippen molar-refractivity contribution in [1.82, 2.24) is 10.2 Å². The number of piperidine rings is 1. The Kier molecular flexibility index (Phi) is 25.8. The van der Waals surface area contributed by atoms with E-state index in [-0.39, 0.29) is 49.3 Å². The van der Waals surface area contributed by atoms with Crippen LogP contribution in [-0.4, -0.2) is 159 Å². The number of hydrogen-bond acceptors (Lipinski definition) is 16. The third-order valence-corrected chi connectivity index (χ3v) is 15.5. The predicted molar refractivity (Wildman–Crippen MR) is 277 cm³/mol. The zero-order valence-electron chi connectivity index (χ0n) is 45.8. The number of methoxy groups -OCH3 is 3. The normalized spacial score (nSPS) is 36.8. The van der Waals surface area contributed by atoms with Gasteiger partial charge in [-0.2, -0.15) is 0 Å². The molecule has 0 aromatic heterocycles. The van der Waals surface area contributed by atoms with Crippen LogP contribution >= 0.6 is 0 Å². The lowest BCUT2D eigenvalue weighted by Crippen LogP contribution is -2.61. The number of nitrogens with zero attached hydrogens (tertiary/aromatic N) is 1.